The van der Waals surface area contributed by atoms with E-state index in [1.807, 2.05) is 13.0 Å². The Morgan fingerprint density at radius 3 is 2.50 bits per heavy atom. The Balaban J connectivity index is 0.00000242. The predicted octanol–water partition coefficient (Wildman–Crippen LogP) is 0.310. The van der Waals surface area contributed by atoms with Gasteiger partial charge in [-0.3, -0.25) is 4.90 Å². The molecule has 1 heterocycles. The molecule has 4 heteroatoms. The van der Waals surface area contributed by atoms with E-state index in [1.54, 1.807) is 0 Å². The number of hydrogen-bond donors (Lipinski definition) is 1. The number of aryl methyl sites for hydroxylation is 2. The Hall–Kier alpha value is -0.770. The van der Waals surface area contributed by atoms with Crippen LogP contribution in [0.5, 0.6) is 5.75 Å². The number of nitrogens with zero attached hydrogens (tertiary/aromatic N) is 1. The van der Waals surface area contributed by atoms with Gasteiger partial charge in [0.25, 0.3) is 0 Å². The van der Waals surface area contributed by atoms with Crippen molar-refractivity contribution in [3.63, 3.8) is 0 Å². The third-order valence-corrected chi connectivity index (χ3v) is 4.57. The van der Waals surface area contributed by atoms with Gasteiger partial charge in [-0.25, -0.2) is 0 Å². The molecule has 0 radical (unpaired) electrons. The maximum Gasteiger partial charge on any atom is 0.122 e. The molecule has 0 amide bonds. The van der Waals surface area contributed by atoms with Crippen LogP contribution in [0, 0.1) is 13.8 Å². The molecule has 2 rings (SSSR count). The summed E-state index contributed by atoms with van der Waals surface area (Å²) in [6.07, 6.45) is 3.32. The quantitative estimate of drug-likeness (QED) is 0.845. The minimum atomic E-state index is -0.437. The minimum Gasteiger partial charge on any atom is -1.00 e. The zero-order valence-corrected chi connectivity index (χ0v) is 14.9. The fourth-order valence-electron chi connectivity index (χ4n) is 3.18. The number of likely N-dealkylation sites (tertiary alicyclic amines) is 1. The zero-order valence-electron chi connectivity index (χ0n) is 14.2. The molecule has 1 aliphatic rings. The van der Waals surface area contributed by atoms with Gasteiger partial charge < -0.3 is 22.3 Å². The van der Waals surface area contributed by atoms with Gasteiger partial charge in [-0.2, -0.15) is 0 Å². The lowest BCUT2D eigenvalue weighted by atomic mass is 9.97. The fraction of sp³-hybridized carbons (Fsp3) is 0.667. The summed E-state index contributed by atoms with van der Waals surface area (Å²) in [5, 5.41) is 10.3. The molecule has 1 aromatic rings. The van der Waals surface area contributed by atoms with Crippen LogP contribution in [0.25, 0.3) is 0 Å². The van der Waals surface area contributed by atoms with Crippen molar-refractivity contribution >= 4 is 0 Å². The molecule has 0 spiro atoms. The molecule has 1 fully saturated rings. The van der Waals surface area contributed by atoms with Gasteiger partial charge in [-0.05, 0) is 57.7 Å². The highest BCUT2D eigenvalue weighted by Crippen LogP contribution is 2.23. The number of aliphatic hydroxyl groups excluding tert-OH is 1. The molecule has 0 bridgehead atoms. The van der Waals surface area contributed by atoms with Crippen LogP contribution in [-0.4, -0.2) is 41.3 Å². The maximum atomic E-state index is 10.3. The second-order valence-corrected chi connectivity index (χ2v) is 6.56. The van der Waals surface area contributed by atoms with Crippen LogP contribution in [0.4, 0.5) is 0 Å². The van der Waals surface area contributed by atoms with E-state index < -0.39 is 6.10 Å². The average Bonchev–Trinajstić information content (AvgIpc) is 2.44. The van der Waals surface area contributed by atoms with E-state index in [1.165, 1.54) is 24.8 Å². The monoisotopic (exact) mass is 326 g/mol. The first kappa shape index (κ1) is 19.3. The summed E-state index contributed by atoms with van der Waals surface area (Å²) in [6.45, 7) is 9.67. The van der Waals surface area contributed by atoms with Crippen molar-refractivity contribution in [2.24, 2.45) is 0 Å². The van der Waals surface area contributed by atoms with Crippen LogP contribution in [0.15, 0.2) is 18.2 Å². The molecule has 1 aromatic carbocycles. The molecule has 1 saturated heterocycles. The van der Waals surface area contributed by atoms with E-state index in [-0.39, 0.29) is 12.4 Å². The second-order valence-electron chi connectivity index (χ2n) is 6.56. The number of benzene rings is 1. The number of hydrogen-bond acceptors (Lipinski definition) is 3. The molecule has 3 unspecified atom stereocenters. The Kier molecular flexibility index (Phi) is 7.67. The molecule has 126 valence electrons. The lowest BCUT2D eigenvalue weighted by molar-refractivity contribution is -0.00000655. The van der Waals surface area contributed by atoms with Gasteiger partial charge in [0, 0.05) is 18.6 Å². The molecule has 3 atom stereocenters. The van der Waals surface area contributed by atoms with Crippen LogP contribution < -0.4 is 17.1 Å². The third-order valence-electron chi connectivity index (χ3n) is 4.57. The predicted molar refractivity (Wildman–Crippen MR) is 86.9 cm³/mol. The highest BCUT2D eigenvalue weighted by Gasteiger charge is 2.26. The summed E-state index contributed by atoms with van der Waals surface area (Å²) in [6, 6.07) is 7.30. The normalized spacial score (nSPS) is 23.7. The number of piperidine rings is 1. The van der Waals surface area contributed by atoms with Crippen molar-refractivity contribution < 1.29 is 22.3 Å². The first-order valence-electron chi connectivity index (χ1n) is 8.11. The summed E-state index contributed by atoms with van der Waals surface area (Å²) >= 11 is 0. The van der Waals surface area contributed by atoms with Gasteiger partial charge in [0.1, 0.15) is 18.5 Å². The summed E-state index contributed by atoms with van der Waals surface area (Å²) in [4.78, 5) is 2.42. The Morgan fingerprint density at radius 2 is 1.86 bits per heavy atom. The number of β-amino-alcohol motifs (C(OH)–C–C–N with tert-alkyl or cyclic N) is 1. The van der Waals surface area contributed by atoms with Crippen molar-refractivity contribution in [2.45, 2.75) is 65.1 Å². The highest BCUT2D eigenvalue weighted by molar-refractivity contribution is 5.35. The lowest BCUT2D eigenvalue weighted by Gasteiger charge is -2.40. The summed E-state index contributed by atoms with van der Waals surface area (Å²) < 4.78 is 5.81. The van der Waals surface area contributed by atoms with Gasteiger partial charge in [0.15, 0.2) is 0 Å². The third kappa shape index (κ3) is 5.15. The highest BCUT2D eigenvalue weighted by atomic mass is 35.5. The summed E-state index contributed by atoms with van der Waals surface area (Å²) in [7, 11) is 0. The fourth-order valence-corrected chi connectivity index (χ4v) is 3.18. The Bertz CT molecular complexity index is 456. The summed E-state index contributed by atoms with van der Waals surface area (Å²) in [5.41, 5.74) is 2.30. The number of rotatable bonds is 5. The van der Waals surface area contributed by atoms with Crippen molar-refractivity contribution in [1.29, 1.82) is 0 Å². The van der Waals surface area contributed by atoms with Gasteiger partial charge >= 0.3 is 0 Å². The molecule has 1 aliphatic heterocycles. The molecule has 0 aromatic heterocycles. The second kappa shape index (κ2) is 8.76. The number of halogens is 1. The zero-order chi connectivity index (χ0) is 15.4. The van der Waals surface area contributed by atoms with Crippen molar-refractivity contribution in [3.8, 4) is 5.75 Å². The SMILES string of the molecule is Cc1ccc(C)c(OCC(O)CN2C(C)CCCC2C)c1.[Cl-]. The van der Waals surface area contributed by atoms with E-state index in [4.69, 9.17) is 4.74 Å². The molecular weight excluding hydrogens is 298 g/mol. The average molecular weight is 327 g/mol. The first-order chi connectivity index (χ1) is 9.97. The van der Waals surface area contributed by atoms with Crippen LogP contribution in [-0.2, 0) is 0 Å². The Morgan fingerprint density at radius 1 is 1.23 bits per heavy atom. The van der Waals surface area contributed by atoms with Gasteiger partial charge in [0.2, 0.25) is 0 Å². The van der Waals surface area contributed by atoms with Crippen LogP contribution in [0.2, 0.25) is 0 Å². The van der Waals surface area contributed by atoms with E-state index in [0.29, 0.717) is 25.2 Å². The number of ether oxygens (including phenoxy) is 1. The van der Waals surface area contributed by atoms with Crippen LogP contribution in [0.1, 0.15) is 44.2 Å². The minimum absolute atomic E-state index is 0. The van der Waals surface area contributed by atoms with E-state index in [2.05, 4.69) is 37.8 Å². The lowest BCUT2D eigenvalue weighted by Crippen LogP contribution is -3.00. The van der Waals surface area contributed by atoms with E-state index in [9.17, 15) is 5.11 Å². The topological polar surface area (TPSA) is 32.7 Å². The first-order valence-corrected chi connectivity index (χ1v) is 8.11. The van der Waals surface area contributed by atoms with E-state index >= 15 is 0 Å². The van der Waals surface area contributed by atoms with Gasteiger partial charge in [0.05, 0.1) is 0 Å². The molecule has 0 aliphatic carbocycles. The summed E-state index contributed by atoms with van der Waals surface area (Å²) in [5.74, 6) is 0.883. The van der Waals surface area contributed by atoms with Crippen molar-refractivity contribution in [2.75, 3.05) is 13.2 Å². The van der Waals surface area contributed by atoms with Gasteiger partial charge in [-0.15, -0.1) is 0 Å². The Labute approximate surface area is 141 Å². The van der Waals surface area contributed by atoms with Crippen molar-refractivity contribution in [1.82, 2.24) is 4.90 Å². The maximum absolute atomic E-state index is 10.3. The molecule has 3 nitrogen and oxygen atoms in total. The smallest absolute Gasteiger partial charge is 0.122 e. The number of aliphatic hydroxyl groups is 1. The molecule has 0 saturated carbocycles. The van der Waals surface area contributed by atoms with Crippen LogP contribution >= 0.6 is 0 Å². The molecule has 22 heavy (non-hydrogen) atoms. The van der Waals surface area contributed by atoms with Gasteiger partial charge in [-0.1, -0.05) is 18.6 Å². The van der Waals surface area contributed by atoms with E-state index in [0.717, 1.165) is 11.3 Å². The van der Waals surface area contributed by atoms with Crippen molar-refractivity contribution in [3.05, 3.63) is 29.3 Å². The van der Waals surface area contributed by atoms with Crippen LogP contribution in [0.3, 0.4) is 0 Å². The largest absolute Gasteiger partial charge is 1.00 e. The molecule has 1 N–H and O–H groups in total. The standard InChI is InChI=1S/C18H29NO2.ClH/c1-13-8-9-14(2)18(10-13)21-12-17(20)11-19-15(3)6-5-7-16(19)4;/h8-10,15-17,20H,5-7,11-12H2,1-4H3;1H/p-1. The molecular formula is C18H29ClNO2-.